The number of aromatic amines is 1. The first-order valence-electron chi connectivity index (χ1n) is 9.03. The summed E-state index contributed by atoms with van der Waals surface area (Å²) in [7, 11) is 5.21. The fraction of sp³-hybridized carbons (Fsp3) is 0.238. The van der Waals surface area contributed by atoms with E-state index in [4.69, 9.17) is 13.9 Å². The van der Waals surface area contributed by atoms with Gasteiger partial charge >= 0.3 is 0 Å². The van der Waals surface area contributed by atoms with E-state index in [1.807, 2.05) is 36.7 Å². The van der Waals surface area contributed by atoms with Gasteiger partial charge in [0, 0.05) is 23.1 Å². The normalized spacial score (nSPS) is 11.3. The number of benzene rings is 1. The van der Waals surface area contributed by atoms with Gasteiger partial charge in [-0.05, 0) is 25.2 Å². The maximum absolute atomic E-state index is 12.7. The molecule has 0 aliphatic heterocycles. The maximum Gasteiger partial charge on any atom is 0.260 e. The number of hydrogen-bond donors (Lipinski definition) is 1. The van der Waals surface area contributed by atoms with Crippen LogP contribution in [0.1, 0.15) is 11.4 Å². The summed E-state index contributed by atoms with van der Waals surface area (Å²) in [6.45, 7) is 1.10. The SMILES string of the molecule is COc1cccc(CN(C)Cc2nc3scc(-c4ccco4)c3c(=O)[nH]2)c1OC. The zero-order chi connectivity index (χ0) is 20.4. The first-order chi connectivity index (χ1) is 14.1. The van der Waals surface area contributed by atoms with E-state index in [0.717, 1.165) is 11.1 Å². The van der Waals surface area contributed by atoms with Crippen LogP contribution in [0.3, 0.4) is 0 Å². The highest BCUT2D eigenvalue weighted by Crippen LogP contribution is 2.32. The van der Waals surface area contributed by atoms with Gasteiger partial charge in [0.2, 0.25) is 0 Å². The molecule has 0 aliphatic carbocycles. The molecule has 1 N–H and O–H groups in total. The first-order valence-corrected chi connectivity index (χ1v) is 9.91. The molecular weight excluding hydrogens is 390 g/mol. The van der Waals surface area contributed by atoms with Gasteiger partial charge < -0.3 is 18.9 Å². The fourth-order valence-corrected chi connectivity index (χ4v) is 4.31. The predicted octanol–water partition coefficient (Wildman–Crippen LogP) is 3.89. The molecule has 0 radical (unpaired) electrons. The van der Waals surface area contributed by atoms with Gasteiger partial charge in [-0.25, -0.2) is 4.98 Å². The number of furan rings is 1. The first kappa shape index (κ1) is 19.2. The van der Waals surface area contributed by atoms with Crippen LogP contribution < -0.4 is 15.0 Å². The van der Waals surface area contributed by atoms with Gasteiger partial charge in [-0.1, -0.05) is 12.1 Å². The van der Waals surface area contributed by atoms with Crippen LogP contribution in [0, 0.1) is 0 Å². The lowest BCUT2D eigenvalue weighted by molar-refractivity contribution is 0.297. The monoisotopic (exact) mass is 411 g/mol. The highest BCUT2D eigenvalue weighted by atomic mass is 32.1. The van der Waals surface area contributed by atoms with E-state index in [-0.39, 0.29) is 5.56 Å². The molecule has 3 aromatic heterocycles. The number of rotatable bonds is 7. The molecule has 4 rings (SSSR count). The average molecular weight is 411 g/mol. The van der Waals surface area contributed by atoms with Crippen molar-refractivity contribution in [2.75, 3.05) is 21.3 Å². The van der Waals surface area contributed by atoms with Crippen LogP contribution in [0.2, 0.25) is 0 Å². The van der Waals surface area contributed by atoms with Gasteiger partial charge in [0.25, 0.3) is 5.56 Å². The van der Waals surface area contributed by atoms with Crippen molar-refractivity contribution < 1.29 is 13.9 Å². The van der Waals surface area contributed by atoms with Crippen LogP contribution in [0.4, 0.5) is 0 Å². The number of nitrogens with zero attached hydrogens (tertiary/aromatic N) is 2. The van der Waals surface area contributed by atoms with Gasteiger partial charge in [0.15, 0.2) is 11.5 Å². The van der Waals surface area contributed by atoms with Gasteiger partial charge in [-0.2, -0.15) is 0 Å². The molecule has 4 aromatic rings. The third kappa shape index (κ3) is 3.76. The summed E-state index contributed by atoms with van der Waals surface area (Å²) < 4.78 is 16.3. The molecule has 8 heteroatoms. The summed E-state index contributed by atoms with van der Waals surface area (Å²) in [4.78, 5) is 23.0. The Hall–Kier alpha value is -3.10. The van der Waals surface area contributed by atoms with E-state index in [1.54, 1.807) is 26.5 Å². The Kier molecular flexibility index (Phi) is 5.37. The Labute approximate surface area is 171 Å². The topological polar surface area (TPSA) is 80.6 Å². The Morgan fingerprint density at radius 1 is 1.17 bits per heavy atom. The van der Waals surface area contributed by atoms with Crippen LogP contribution in [-0.2, 0) is 13.1 Å². The number of para-hydroxylation sites is 1. The van der Waals surface area contributed by atoms with E-state index < -0.39 is 0 Å². The fourth-order valence-electron chi connectivity index (χ4n) is 3.36. The lowest BCUT2D eigenvalue weighted by atomic mass is 10.1. The minimum absolute atomic E-state index is 0.162. The minimum atomic E-state index is -0.162. The quantitative estimate of drug-likeness (QED) is 0.497. The second-order valence-electron chi connectivity index (χ2n) is 6.64. The van der Waals surface area contributed by atoms with E-state index in [0.29, 0.717) is 46.4 Å². The van der Waals surface area contributed by atoms with Crippen molar-refractivity contribution in [2.24, 2.45) is 0 Å². The van der Waals surface area contributed by atoms with Gasteiger partial charge in [0.1, 0.15) is 16.4 Å². The van der Waals surface area contributed by atoms with Gasteiger partial charge in [-0.3, -0.25) is 9.69 Å². The van der Waals surface area contributed by atoms with Crippen LogP contribution in [0.5, 0.6) is 11.5 Å². The summed E-state index contributed by atoms with van der Waals surface area (Å²) in [6.07, 6.45) is 1.59. The second-order valence-corrected chi connectivity index (χ2v) is 7.50. The number of aromatic nitrogens is 2. The summed E-state index contributed by atoms with van der Waals surface area (Å²) in [5.41, 5.74) is 1.60. The highest BCUT2D eigenvalue weighted by molar-refractivity contribution is 7.17. The highest BCUT2D eigenvalue weighted by Gasteiger charge is 2.16. The largest absolute Gasteiger partial charge is 0.493 e. The zero-order valence-corrected chi connectivity index (χ0v) is 17.2. The van der Waals surface area contributed by atoms with Crippen LogP contribution in [0.15, 0.2) is 51.2 Å². The van der Waals surface area contributed by atoms with Gasteiger partial charge in [-0.15, -0.1) is 11.3 Å². The molecule has 3 heterocycles. The number of hydrogen-bond acceptors (Lipinski definition) is 7. The Bertz CT molecular complexity index is 1180. The summed E-state index contributed by atoms with van der Waals surface area (Å²) in [5.74, 6) is 2.67. The van der Waals surface area contributed by atoms with Crippen molar-refractivity contribution in [3.05, 3.63) is 63.7 Å². The van der Waals surface area contributed by atoms with Crippen LogP contribution in [0.25, 0.3) is 21.5 Å². The van der Waals surface area contributed by atoms with E-state index >= 15 is 0 Å². The summed E-state index contributed by atoms with van der Waals surface area (Å²) in [5, 5.41) is 2.46. The molecule has 0 aliphatic rings. The van der Waals surface area contributed by atoms with E-state index in [9.17, 15) is 4.79 Å². The molecule has 29 heavy (non-hydrogen) atoms. The zero-order valence-electron chi connectivity index (χ0n) is 16.4. The molecule has 7 nitrogen and oxygen atoms in total. The molecule has 0 spiro atoms. The number of fused-ring (bicyclic) bond motifs is 1. The molecule has 150 valence electrons. The number of thiophene rings is 1. The maximum atomic E-state index is 12.7. The minimum Gasteiger partial charge on any atom is -0.493 e. The molecule has 0 fully saturated rings. The van der Waals surface area contributed by atoms with Crippen molar-refractivity contribution >= 4 is 21.6 Å². The molecule has 0 saturated heterocycles. The lowest BCUT2D eigenvalue weighted by Gasteiger charge is -2.19. The Balaban J connectivity index is 1.58. The molecule has 0 unspecified atom stereocenters. The standard InChI is InChI=1S/C21H21N3O4S/c1-24(10-13-6-4-7-16(26-2)19(13)27-3)11-17-22-20(25)18-14(12-29-21(18)23-17)15-8-5-9-28-15/h4-9,12H,10-11H2,1-3H3,(H,22,23,25). The predicted molar refractivity (Wildman–Crippen MR) is 113 cm³/mol. The number of nitrogens with one attached hydrogen (secondary N) is 1. The van der Waals surface area contributed by atoms with Crippen LogP contribution >= 0.6 is 11.3 Å². The smallest absolute Gasteiger partial charge is 0.260 e. The number of ether oxygens (including phenoxy) is 2. The van der Waals surface area contributed by atoms with Crippen molar-refractivity contribution in [3.63, 3.8) is 0 Å². The van der Waals surface area contributed by atoms with Crippen molar-refractivity contribution in [1.29, 1.82) is 0 Å². The van der Waals surface area contributed by atoms with E-state index in [2.05, 4.69) is 14.9 Å². The number of H-pyrrole nitrogens is 1. The molecule has 0 saturated carbocycles. The Morgan fingerprint density at radius 3 is 2.76 bits per heavy atom. The van der Waals surface area contributed by atoms with Crippen molar-refractivity contribution in [3.8, 4) is 22.8 Å². The van der Waals surface area contributed by atoms with E-state index in [1.165, 1.54) is 11.3 Å². The third-order valence-electron chi connectivity index (χ3n) is 4.62. The number of methoxy groups -OCH3 is 2. The van der Waals surface area contributed by atoms with Gasteiger partial charge in [0.05, 0.1) is 32.4 Å². The summed E-state index contributed by atoms with van der Waals surface area (Å²) >= 11 is 1.44. The molecule has 1 aromatic carbocycles. The third-order valence-corrected chi connectivity index (χ3v) is 5.50. The summed E-state index contributed by atoms with van der Waals surface area (Å²) in [6, 6.07) is 9.42. The van der Waals surface area contributed by atoms with Crippen molar-refractivity contribution in [2.45, 2.75) is 13.1 Å². The second kappa shape index (κ2) is 8.10. The van der Waals surface area contributed by atoms with Crippen LogP contribution in [-0.4, -0.2) is 36.1 Å². The lowest BCUT2D eigenvalue weighted by Crippen LogP contribution is -2.22. The Morgan fingerprint density at radius 2 is 2.03 bits per heavy atom. The molecule has 0 atom stereocenters. The van der Waals surface area contributed by atoms with Crippen molar-refractivity contribution in [1.82, 2.24) is 14.9 Å². The molecule has 0 amide bonds. The molecule has 0 bridgehead atoms. The average Bonchev–Trinajstić information content (AvgIpc) is 3.37. The molecular formula is C21H21N3O4S.